The summed E-state index contributed by atoms with van der Waals surface area (Å²) < 4.78 is 19.2. The minimum Gasteiger partial charge on any atom is -0.465 e. The Hall–Kier alpha value is -4.68. The lowest BCUT2D eigenvalue weighted by Crippen LogP contribution is -2.53. The van der Waals surface area contributed by atoms with Crippen LogP contribution in [0.25, 0.3) is 0 Å². The molecule has 0 saturated carbocycles. The van der Waals surface area contributed by atoms with E-state index in [1.807, 2.05) is 0 Å². The van der Waals surface area contributed by atoms with Crippen molar-refractivity contribution in [3.63, 3.8) is 0 Å². The van der Waals surface area contributed by atoms with E-state index in [0.717, 1.165) is 10.5 Å². The van der Waals surface area contributed by atoms with Gasteiger partial charge < -0.3 is 30.3 Å². The number of carbonyl (C=O) groups excluding carboxylic acids is 4. The van der Waals surface area contributed by atoms with E-state index in [1.165, 1.54) is 41.1 Å². The van der Waals surface area contributed by atoms with Gasteiger partial charge in [-0.05, 0) is 54.7 Å². The summed E-state index contributed by atoms with van der Waals surface area (Å²) in [5, 5.41) is 14.6. The van der Waals surface area contributed by atoms with E-state index in [1.54, 1.807) is 18.2 Å². The summed E-state index contributed by atoms with van der Waals surface area (Å²) in [7, 11) is 1.49. The van der Waals surface area contributed by atoms with Gasteiger partial charge in [-0.15, -0.1) is 0 Å². The van der Waals surface area contributed by atoms with Crippen LogP contribution in [0, 0.1) is 5.82 Å². The van der Waals surface area contributed by atoms with Crippen molar-refractivity contribution < 1.29 is 38.2 Å². The average Bonchev–Trinajstić information content (AvgIpc) is 3.44. The van der Waals surface area contributed by atoms with Gasteiger partial charge in [0.15, 0.2) is 0 Å². The average molecular weight is 568 g/mol. The maximum Gasteiger partial charge on any atom is 0.418 e. The summed E-state index contributed by atoms with van der Waals surface area (Å²) >= 11 is 0. The maximum atomic E-state index is 13.7. The fourth-order valence-corrected chi connectivity index (χ4v) is 5.74. The van der Waals surface area contributed by atoms with Gasteiger partial charge >= 0.3 is 18.2 Å². The highest BCUT2D eigenvalue weighted by Crippen LogP contribution is 2.46. The number of hydrogen-bond donors (Lipinski definition) is 3. The molecule has 2 atom stereocenters. The number of ether oxygens (including phenoxy) is 1. The van der Waals surface area contributed by atoms with Crippen LogP contribution in [0.5, 0.6) is 0 Å². The third kappa shape index (κ3) is 5.39. The molecule has 12 nitrogen and oxygen atoms in total. The molecule has 2 saturated heterocycles. The second kappa shape index (κ2) is 11.1. The maximum absolute atomic E-state index is 13.7. The van der Waals surface area contributed by atoms with Crippen molar-refractivity contribution in [2.24, 2.45) is 0 Å². The van der Waals surface area contributed by atoms with Crippen molar-refractivity contribution in [2.75, 3.05) is 32.0 Å². The predicted molar refractivity (Wildman–Crippen MR) is 142 cm³/mol. The van der Waals surface area contributed by atoms with Crippen molar-refractivity contribution >= 4 is 35.7 Å². The number of fused-ring (bicyclic) bond motifs is 2. The van der Waals surface area contributed by atoms with Crippen LogP contribution < -0.4 is 10.6 Å². The molecule has 0 bridgehead atoms. The van der Waals surface area contributed by atoms with Crippen molar-refractivity contribution in [2.45, 2.75) is 43.9 Å². The summed E-state index contributed by atoms with van der Waals surface area (Å²) in [6, 6.07) is 9.64. The molecule has 2 fully saturated rings. The summed E-state index contributed by atoms with van der Waals surface area (Å²) in [6.45, 7) is -0.132. The molecule has 3 N–H and O–H groups in total. The molecule has 5 rings (SSSR count). The quantitative estimate of drug-likeness (QED) is 0.486. The molecule has 2 heterocycles. The standard InChI is InChI=1S/C28H30FN5O7/c1-30-25(37)31-20-8-9-22-18(13-20)10-11-28(22)24(36)34(27(40)41-28)16-23(35)33(14-17-4-6-19(29)7-5-17)21-3-2-12-32(15-21)26(38)39/h4-9,13,21H,2-3,10-12,14-16H2,1H3,(H,38,39)(H2,30,31,37)/t21-,28-/m1/s1. The first-order valence-electron chi connectivity index (χ1n) is 13.3. The number of benzene rings is 2. The van der Waals surface area contributed by atoms with Crippen molar-refractivity contribution in [3.8, 4) is 0 Å². The van der Waals surface area contributed by atoms with E-state index in [9.17, 15) is 33.5 Å². The normalized spacial score (nSPS) is 21.5. The number of anilines is 1. The van der Waals surface area contributed by atoms with Gasteiger partial charge in [-0.25, -0.2) is 23.7 Å². The molecule has 6 amide bonds. The largest absolute Gasteiger partial charge is 0.465 e. The Morgan fingerprint density at radius 3 is 2.63 bits per heavy atom. The molecule has 2 aliphatic heterocycles. The van der Waals surface area contributed by atoms with Crippen LogP contribution in [-0.2, 0) is 32.9 Å². The molecular formula is C28H30FN5O7. The molecule has 3 aliphatic rings. The van der Waals surface area contributed by atoms with E-state index >= 15 is 0 Å². The van der Waals surface area contributed by atoms with Gasteiger partial charge in [0.2, 0.25) is 11.5 Å². The van der Waals surface area contributed by atoms with Crippen LogP contribution in [0.1, 0.15) is 36.0 Å². The van der Waals surface area contributed by atoms with Crippen LogP contribution in [0.15, 0.2) is 42.5 Å². The number of urea groups is 1. The highest BCUT2D eigenvalue weighted by atomic mass is 19.1. The van der Waals surface area contributed by atoms with E-state index in [2.05, 4.69) is 10.6 Å². The third-order valence-corrected chi connectivity index (χ3v) is 7.83. The van der Waals surface area contributed by atoms with Gasteiger partial charge in [0.1, 0.15) is 12.4 Å². The van der Waals surface area contributed by atoms with Crippen LogP contribution in [0.3, 0.4) is 0 Å². The Balaban J connectivity index is 1.37. The summed E-state index contributed by atoms with van der Waals surface area (Å²) in [5.74, 6) is -1.65. The fourth-order valence-electron chi connectivity index (χ4n) is 5.74. The number of carboxylic acid groups (broad SMARTS) is 1. The van der Waals surface area contributed by atoms with Crippen LogP contribution in [0.2, 0.25) is 0 Å². The van der Waals surface area contributed by atoms with Crippen molar-refractivity contribution in [1.29, 1.82) is 0 Å². The minimum atomic E-state index is -1.56. The Kier molecular flexibility index (Phi) is 7.52. The molecule has 1 spiro atoms. The van der Waals surface area contributed by atoms with E-state index < -0.39 is 54.0 Å². The Bertz CT molecular complexity index is 1400. The first-order chi connectivity index (χ1) is 19.6. The second-order valence-corrected chi connectivity index (χ2v) is 10.3. The molecule has 216 valence electrons. The highest BCUT2D eigenvalue weighted by molar-refractivity contribution is 6.06. The predicted octanol–water partition coefficient (Wildman–Crippen LogP) is 2.87. The number of amides is 6. The SMILES string of the molecule is CNC(=O)Nc1ccc2c(c1)CC[C@@]21OC(=O)N(CC(=O)N(Cc2ccc(F)cc2)[C@@H]2CCCN(C(=O)O)C2)C1=O. The first kappa shape index (κ1) is 27.9. The number of hydrogen-bond acceptors (Lipinski definition) is 6. The van der Waals surface area contributed by atoms with Gasteiger partial charge in [0.05, 0.1) is 0 Å². The third-order valence-electron chi connectivity index (χ3n) is 7.83. The van der Waals surface area contributed by atoms with Gasteiger partial charge in [0.25, 0.3) is 5.91 Å². The molecule has 1 aliphatic carbocycles. The molecular weight excluding hydrogens is 537 g/mol. The number of nitrogens with zero attached hydrogens (tertiary/aromatic N) is 3. The number of imide groups is 1. The molecule has 0 radical (unpaired) electrons. The molecule has 2 aromatic carbocycles. The number of carbonyl (C=O) groups is 5. The van der Waals surface area contributed by atoms with Gasteiger partial charge in [-0.1, -0.05) is 18.2 Å². The first-order valence-corrected chi connectivity index (χ1v) is 13.3. The molecule has 41 heavy (non-hydrogen) atoms. The molecule has 0 unspecified atom stereocenters. The van der Waals surface area contributed by atoms with E-state index in [-0.39, 0.29) is 19.5 Å². The van der Waals surface area contributed by atoms with Crippen LogP contribution >= 0.6 is 0 Å². The smallest absolute Gasteiger partial charge is 0.418 e. The second-order valence-electron chi connectivity index (χ2n) is 10.3. The number of aryl methyl sites for hydroxylation is 1. The van der Waals surface area contributed by atoms with Crippen molar-refractivity contribution in [1.82, 2.24) is 20.0 Å². The van der Waals surface area contributed by atoms with Gasteiger partial charge in [0, 0.05) is 50.4 Å². The number of rotatable bonds is 6. The summed E-state index contributed by atoms with van der Waals surface area (Å²) in [5.41, 5.74) is 0.807. The number of piperidine rings is 1. The Labute approximate surface area is 235 Å². The van der Waals surface area contributed by atoms with E-state index in [0.29, 0.717) is 42.6 Å². The monoisotopic (exact) mass is 567 g/mol. The number of likely N-dealkylation sites (tertiary alicyclic amines) is 1. The van der Waals surface area contributed by atoms with Crippen molar-refractivity contribution in [3.05, 3.63) is 65.0 Å². The molecule has 2 aromatic rings. The zero-order valence-electron chi connectivity index (χ0n) is 22.4. The topological polar surface area (TPSA) is 149 Å². The van der Waals surface area contributed by atoms with Crippen LogP contribution in [-0.4, -0.2) is 82.6 Å². The zero-order chi connectivity index (χ0) is 29.3. The molecule has 13 heteroatoms. The minimum absolute atomic E-state index is 0.0450. The zero-order valence-corrected chi connectivity index (χ0v) is 22.4. The lowest BCUT2D eigenvalue weighted by Gasteiger charge is -2.38. The highest BCUT2D eigenvalue weighted by Gasteiger charge is 2.58. The van der Waals surface area contributed by atoms with Gasteiger partial charge in [-0.2, -0.15) is 0 Å². The molecule has 0 aromatic heterocycles. The number of nitrogens with one attached hydrogen (secondary N) is 2. The Morgan fingerprint density at radius 1 is 1.17 bits per heavy atom. The lowest BCUT2D eigenvalue weighted by molar-refractivity contribution is -0.143. The Morgan fingerprint density at radius 2 is 1.93 bits per heavy atom. The number of halogens is 1. The lowest BCUT2D eigenvalue weighted by atomic mass is 9.94. The summed E-state index contributed by atoms with van der Waals surface area (Å²) in [6.07, 6.45) is -0.372. The van der Waals surface area contributed by atoms with Gasteiger partial charge in [-0.3, -0.25) is 9.59 Å². The summed E-state index contributed by atoms with van der Waals surface area (Å²) in [4.78, 5) is 67.2. The fraction of sp³-hybridized carbons (Fsp3) is 0.393. The van der Waals surface area contributed by atoms with Crippen LogP contribution in [0.4, 0.5) is 24.5 Å². The van der Waals surface area contributed by atoms with E-state index in [4.69, 9.17) is 4.74 Å².